The van der Waals surface area contributed by atoms with Crippen LogP contribution in [0.2, 0.25) is 0 Å². The molecule has 1 unspecified atom stereocenters. The van der Waals surface area contributed by atoms with Crippen LogP contribution in [-0.2, 0) is 4.79 Å². The lowest BCUT2D eigenvalue weighted by Crippen LogP contribution is -2.41. The first-order valence-corrected chi connectivity index (χ1v) is 4.47. The molecule has 3 nitrogen and oxygen atoms in total. The van der Waals surface area contributed by atoms with E-state index < -0.39 is 0 Å². The molecule has 0 fully saturated rings. The molecular formula is C10H18N2O. The number of likely N-dealkylation sites (N-methyl/N-ethyl adjacent to an activating group) is 1. The van der Waals surface area contributed by atoms with Gasteiger partial charge in [0.05, 0.1) is 6.04 Å². The quantitative estimate of drug-likeness (QED) is 0.495. The van der Waals surface area contributed by atoms with Gasteiger partial charge in [0.15, 0.2) is 0 Å². The Balaban J connectivity index is 3.57. The van der Waals surface area contributed by atoms with E-state index in [1.165, 1.54) is 0 Å². The molecule has 0 aliphatic rings. The maximum atomic E-state index is 11.3. The highest BCUT2D eigenvalue weighted by molar-refractivity contribution is 5.80. The minimum Gasteiger partial charge on any atom is -0.347 e. The highest BCUT2D eigenvalue weighted by Gasteiger charge is 2.12. The molecule has 0 aliphatic carbocycles. The third-order valence-corrected chi connectivity index (χ3v) is 1.76. The molecule has 0 radical (unpaired) electrons. The zero-order valence-electron chi connectivity index (χ0n) is 8.63. The van der Waals surface area contributed by atoms with Gasteiger partial charge in [0.1, 0.15) is 0 Å². The van der Waals surface area contributed by atoms with Crippen molar-refractivity contribution in [1.29, 1.82) is 0 Å². The summed E-state index contributed by atoms with van der Waals surface area (Å²) in [5.41, 5.74) is 0. The first kappa shape index (κ1) is 12.0. The van der Waals surface area contributed by atoms with Gasteiger partial charge in [0.2, 0.25) is 5.91 Å². The van der Waals surface area contributed by atoms with E-state index in [2.05, 4.69) is 11.2 Å². The van der Waals surface area contributed by atoms with Gasteiger partial charge in [-0.15, -0.1) is 12.3 Å². The topological polar surface area (TPSA) is 32.3 Å². The van der Waals surface area contributed by atoms with E-state index in [0.717, 1.165) is 19.4 Å². The van der Waals surface area contributed by atoms with Gasteiger partial charge >= 0.3 is 0 Å². The van der Waals surface area contributed by atoms with Gasteiger partial charge in [0.25, 0.3) is 0 Å². The molecule has 1 amide bonds. The molecular weight excluding hydrogens is 164 g/mol. The summed E-state index contributed by atoms with van der Waals surface area (Å²) < 4.78 is 0. The molecule has 0 heterocycles. The van der Waals surface area contributed by atoms with Gasteiger partial charge in [-0.3, -0.25) is 4.79 Å². The molecule has 1 atom stereocenters. The lowest BCUT2D eigenvalue weighted by Gasteiger charge is -2.17. The van der Waals surface area contributed by atoms with Crippen LogP contribution in [0, 0.1) is 12.3 Å². The number of nitrogens with zero attached hydrogens (tertiary/aromatic N) is 1. The number of carbonyl (C=O) groups is 1. The van der Waals surface area contributed by atoms with E-state index >= 15 is 0 Å². The van der Waals surface area contributed by atoms with Crippen LogP contribution in [0.3, 0.4) is 0 Å². The van der Waals surface area contributed by atoms with Crippen LogP contribution in [0.25, 0.3) is 0 Å². The van der Waals surface area contributed by atoms with Gasteiger partial charge in [-0.25, -0.2) is 0 Å². The van der Waals surface area contributed by atoms with Crippen molar-refractivity contribution in [3.8, 4) is 12.3 Å². The molecule has 0 aromatic rings. The average Bonchev–Trinajstić information content (AvgIpc) is 2.10. The first-order valence-electron chi connectivity index (χ1n) is 4.47. The normalized spacial score (nSPS) is 11.8. The number of terminal acetylenes is 1. The SMILES string of the molecule is C#CCCCNC(C)C(=O)N(C)C. The minimum absolute atomic E-state index is 0.0979. The molecule has 0 saturated heterocycles. The largest absolute Gasteiger partial charge is 0.347 e. The van der Waals surface area contributed by atoms with Crippen LogP contribution in [0.15, 0.2) is 0 Å². The summed E-state index contributed by atoms with van der Waals surface area (Å²) in [6.07, 6.45) is 6.78. The predicted octanol–water partition coefficient (Wildman–Crippen LogP) is 0.466. The van der Waals surface area contributed by atoms with Crippen molar-refractivity contribution in [1.82, 2.24) is 10.2 Å². The van der Waals surface area contributed by atoms with Gasteiger partial charge in [0, 0.05) is 20.5 Å². The Morgan fingerprint density at radius 2 is 2.23 bits per heavy atom. The molecule has 0 spiro atoms. The molecule has 0 aliphatic heterocycles. The van der Waals surface area contributed by atoms with Gasteiger partial charge in [-0.05, 0) is 19.9 Å². The molecule has 0 saturated carbocycles. The van der Waals surface area contributed by atoms with Crippen molar-refractivity contribution in [2.24, 2.45) is 0 Å². The summed E-state index contributed by atoms with van der Waals surface area (Å²) in [7, 11) is 3.50. The monoisotopic (exact) mass is 182 g/mol. The summed E-state index contributed by atoms with van der Waals surface area (Å²) in [4.78, 5) is 12.9. The second-order valence-electron chi connectivity index (χ2n) is 3.22. The maximum absolute atomic E-state index is 11.3. The fourth-order valence-electron chi connectivity index (χ4n) is 0.984. The Morgan fingerprint density at radius 3 is 2.69 bits per heavy atom. The van der Waals surface area contributed by atoms with Crippen LogP contribution >= 0.6 is 0 Å². The zero-order chi connectivity index (χ0) is 10.3. The van der Waals surface area contributed by atoms with Crippen molar-refractivity contribution in [3.05, 3.63) is 0 Å². The summed E-state index contributed by atoms with van der Waals surface area (Å²) in [6.45, 7) is 2.66. The molecule has 0 aromatic carbocycles. The third kappa shape index (κ3) is 5.26. The fraction of sp³-hybridized carbons (Fsp3) is 0.700. The van der Waals surface area contributed by atoms with Gasteiger partial charge < -0.3 is 10.2 Å². The van der Waals surface area contributed by atoms with E-state index in [-0.39, 0.29) is 11.9 Å². The Labute approximate surface area is 80.5 Å². The third-order valence-electron chi connectivity index (χ3n) is 1.76. The highest BCUT2D eigenvalue weighted by atomic mass is 16.2. The summed E-state index contributed by atoms with van der Waals surface area (Å²) in [5.74, 6) is 2.66. The van der Waals surface area contributed by atoms with E-state index in [1.54, 1.807) is 19.0 Å². The molecule has 0 bridgehead atoms. The molecule has 0 aromatic heterocycles. The Bertz CT molecular complexity index is 194. The number of nitrogens with one attached hydrogen (secondary N) is 1. The van der Waals surface area contributed by atoms with E-state index in [0.29, 0.717) is 0 Å². The molecule has 3 heteroatoms. The van der Waals surface area contributed by atoms with Crippen LogP contribution in [0.4, 0.5) is 0 Å². The summed E-state index contributed by atoms with van der Waals surface area (Å²) in [6, 6.07) is -0.118. The maximum Gasteiger partial charge on any atom is 0.238 e. The number of hydrogen-bond donors (Lipinski definition) is 1. The Morgan fingerprint density at radius 1 is 1.62 bits per heavy atom. The van der Waals surface area contributed by atoms with Gasteiger partial charge in [-0.1, -0.05) is 0 Å². The second-order valence-corrected chi connectivity index (χ2v) is 3.22. The van der Waals surface area contributed by atoms with E-state index in [4.69, 9.17) is 6.42 Å². The lowest BCUT2D eigenvalue weighted by molar-refractivity contribution is -0.130. The summed E-state index contributed by atoms with van der Waals surface area (Å²) >= 11 is 0. The highest BCUT2D eigenvalue weighted by Crippen LogP contribution is 1.90. The van der Waals surface area contributed by atoms with Crippen molar-refractivity contribution in [3.63, 3.8) is 0 Å². The van der Waals surface area contributed by atoms with Crippen molar-refractivity contribution in [2.75, 3.05) is 20.6 Å². The molecule has 13 heavy (non-hydrogen) atoms. The van der Waals surface area contributed by atoms with Crippen LogP contribution in [0.5, 0.6) is 0 Å². The fourth-order valence-corrected chi connectivity index (χ4v) is 0.984. The zero-order valence-corrected chi connectivity index (χ0v) is 8.63. The van der Waals surface area contributed by atoms with Gasteiger partial charge in [-0.2, -0.15) is 0 Å². The molecule has 0 rings (SSSR count). The van der Waals surface area contributed by atoms with Crippen molar-refractivity contribution >= 4 is 5.91 Å². The molecule has 74 valence electrons. The molecule has 1 N–H and O–H groups in total. The Kier molecular flexibility index (Phi) is 5.99. The lowest BCUT2D eigenvalue weighted by atomic mass is 10.2. The minimum atomic E-state index is -0.118. The van der Waals surface area contributed by atoms with E-state index in [9.17, 15) is 4.79 Å². The van der Waals surface area contributed by atoms with Crippen LogP contribution in [-0.4, -0.2) is 37.5 Å². The smallest absolute Gasteiger partial charge is 0.238 e. The number of amides is 1. The van der Waals surface area contributed by atoms with Crippen LogP contribution < -0.4 is 5.32 Å². The Hall–Kier alpha value is -1.01. The number of unbranched alkanes of at least 4 members (excludes halogenated alkanes) is 1. The summed E-state index contributed by atoms with van der Waals surface area (Å²) in [5, 5.41) is 3.11. The standard InChI is InChI=1S/C10H18N2O/c1-5-6-7-8-11-9(2)10(13)12(3)4/h1,9,11H,6-8H2,2-4H3. The second kappa shape index (κ2) is 6.50. The number of carbonyl (C=O) groups excluding carboxylic acids is 1. The first-order chi connectivity index (χ1) is 6.09. The average molecular weight is 182 g/mol. The predicted molar refractivity (Wildman–Crippen MR) is 54.2 cm³/mol. The number of hydrogen-bond acceptors (Lipinski definition) is 2. The number of rotatable bonds is 5. The van der Waals surface area contributed by atoms with Crippen molar-refractivity contribution < 1.29 is 4.79 Å². The van der Waals surface area contributed by atoms with E-state index in [1.807, 2.05) is 6.92 Å². The van der Waals surface area contributed by atoms with Crippen LogP contribution in [0.1, 0.15) is 19.8 Å². The van der Waals surface area contributed by atoms with Crippen molar-refractivity contribution in [2.45, 2.75) is 25.8 Å².